The molecule has 148 valence electrons. The number of ketones is 1. The van der Waals surface area contributed by atoms with Crippen LogP contribution in [-0.4, -0.2) is 29.3 Å². The topological polar surface area (TPSA) is 85.4 Å². The van der Waals surface area contributed by atoms with Crippen LogP contribution in [0.15, 0.2) is 48.0 Å². The first-order valence-electron chi connectivity index (χ1n) is 8.33. The van der Waals surface area contributed by atoms with Gasteiger partial charge in [-0.05, 0) is 30.0 Å². The lowest BCUT2D eigenvalue weighted by Crippen LogP contribution is -2.22. The lowest BCUT2D eigenvalue weighted by Gasteiger charge is -2.10. The first-order chi connectivity index (χ1) is 13.9. The summed E-state index contributed by atoms with van der Waals surface area (Å²) in [5, 5.41) is 4.80. The molecule has 29 heavy (non-hydrogen) atoms. The molecule has 2 heterocycles. The van der Waals surface area contributed by atoms with E-state index in [2.05, 4.69) is 10.3 Å². The van der Waals surface area contributed by atoms with Crippen LogP contribution in [0.2, 0.25) is 10.0 Å². The summed E-state index contributed by atoms with van der Waals surface area (Å²) in [5.74, 6) is -1.59. The third-order valence-corrected chi connectivity index (χ3v) is 5.64. The molecule has 6 nitrogen and oxygen atoms in total. The van der Waals surface area contributed by atoms with Crippen molar-refractivity contribution in [2.75, 3.05) is 11.9 Å². The summed E-state index contributed by atoms with van der Waals surface area (Å²) >= 11 is 13.3. The van der Waals surface area contributed by atoms with Crippen molar-refractivity contribution in [3.63, 3.8) is 0 Å². The van der Waals surface area contributed by atoms with Crippen LogP contribution in [0.3, 0.4) is 0 Å². The van der Waals surface area contributed by atoms with Gasteiger partial charge >= 0.3 is 5.97 Å². The van der Waals surface area contributed by atoms with E-state index in [0.717, 1.165) is 0 Å². The largest absolute Gasteiger partial charge is 0.452 e. The van der Waals surface area contributed by atoms with E-state index in [1.165, 1.54) is 23.6 Å². The zero-order valence-corrected chi connectivity index (χ0v) is 17.4. The fourth-order valence-corrected chi connectivity index (χ4v) is 3.49. The number of anilines is 1. The molecule has 0 atom stereocenters. The number of carbonyl (C=O) groups is 3. The molecule has 0 spiro atoms. The molecule has 2 aromatic heterocycles. The number of esters is 1. The van der Waals surface area contributed by atoms with Crippen molar-refractivity contribution in [2.45, 2.75) is 6.92 Å². The van der Waals surface area contributed by atoms with E-state index in [9.17, 15) is 14.4 Å². The highest BCUT2D eigenvalue weighted by atomic mass is 35.5. The van der Waals surface area contributed by atoms with E-state index in [-0.39, 0.29) is 27.8 Å². The lowest BCUT2D eigenvalue weighted by atomic mass is 10.0. The normalized spacial score (nSPS) is 10.4. The Labute approximate surface area is 180 Å². The fraction of sp³-hybridized carbons (Fsp3) is 0.100. The molecule has 0 aliphatic rings. The lowest BCUT2D eigenvalue weighted by molar-refractivity contribution is -0.119. The number of hydrogen-bond donors (Lipinski definition) is 1. The van der Waals surface area contributed by atoms with Gasteiger partial charge in [0.25, 0.3) is 5.91 Å². The number of rotatable bonds is 6. The Morgan fingerprint density at radius 3 is 2.52 bits per heavy atom. The van der Waals surface area contributed by atoms with Crippen LogP contribution in [0.4, 0.5) is 5.82 Å². The predicted octanol–water partition coefficient (Wildman–Crippen LogP) is 4.78. The van der Waals surface area contributed by atoms with Gasteiger partial charge in [0.2, 0.25) is 5.78 Å². The van der Waals surface area contributed by atoms with Crippen molar-refractivity contribution in [1.82, 2.24) is 4.98 Å². The summed E-state index contributed by atoms with van der Waals surface area (Å²) in [4.78, 5) is 41.6. The van der Waals surface area contributed by atoms with Crippen LogP contribution in [-0.2, 0) is 9.53 Å². The highest BCUT2D eigenvalue weighted by molar-refractivity contribution is 7.12. The minimum absolute atomic E-state index is 0.0807. The number of halogens is 2. The van der Waals surface area contributed by atoms with Gasteiger partial charge in [-0.3, -0.25) is 9.59 Å². The van der Waals surface area contributed by atoms with Gasteiger partial charge in [-0.25, -0.2) is 9.78 Å². The maximum absolute atomic E-state index is 12.6. The second-order valence-electron chi connectivity index (χ2n) is 5.87. The van der Waals surface area contributed by atoms with Crippen LogP contribution >= 0.6 is 34.5 Å². The monoisotopic (exact) mass is 448 g/mol. The van der Waals surface area contributed by atoms with Gasteiger partial charge in [0.1, 0.15) is 0 Å². The molecule has 1 amide bonds. The smallest absolute Gasteiger partial charge is 0.339 e. The van der Waals surface area contributed by atoms with Crippen LogP contribution in [0.5, 0.6) is 0 Å². The molecule has 0 unspecified atom stereocenters. The molecule has 3 aromatic rings. The van der Waals surface area contributed by atoms with Crippen molar-refractivity contribution in [3.05, 3.63) is 79.6 Å². The van der Waals surface area contributed by atoms with E-state index in [0.29, 0.717) is 15.5 Å². The third kappa shape index (κ3) is 4.82. The Kier molecular flexibility index (Phi) is 6.64. The number of benzene rings is 1. The van der Waals surface area contributed by atoms with Crippen LogP contribution in [0.1, 0.15) is 31.2 Å². The second kappa shape index (κ2) is 9.17. The molecule has 0 radical (unpaired) electrons. The van der Waals surface area contributed by atoms with Crippen LogP contribution in [0.25, 0.3) is 0 Å². The summed E-state index contributed by atoms with van der Waals surface area (Å²) in [5.41, 5.74) is 0.854. The van der Waals surface area contributed by atoms with E-state index in [1.807, 2.05) is 0 Å². The summed E-state index contributed by atoms with van der Waals surface area (Å²) in [6, 6.07) is 9.71. The van der Waals surface area contributed by atoms with Gasteiger partial charge < -0.3 is 10.1 Å². The molecule has 0 fully saturated rings. The number of amides is 1. The molecule has 9 heteroatoms. The zero-order chi connectivity index (χ0) is 21.0. The summed E-state index contributed by atoms with van der Waals surface area (Å²) in [6.45, 7) is 1.11. The zero-order valence-electron chi connectivity index (χ0n) is 15.1. The Morgan fingerprint density at radius 2 is 1.83 bits per heavy atom. The average molecular weight is 449 g/mol. The predicted molar refractivity (Wildman–Crippen MR) is 112 cm³/mol. The average Bonchev–Trinajstić information content (AvgIpc) is 3.27. The first-order valence-corrected chi connectivity index (χ1v) is 9.97. The molecule has 0 saturated carbocycles. The van der Waals surface area contributed by atoms with Crippen molar-refractivity contribution < 1.29 is 19.1 Å². The van der Waals surface area contributed by atoms with Crippen molar-refractivity contribution >= 4 is 58.0 Å². The standard InChI is InChI=1S/C20H14Cl2N2O4S/c1-11-14(21)9-23-19(17(11)22)24-16(25)10-28-20(27)13-6-3-2-5-12(13)18(26)15-7-4-8-29-15/h2-9H,10H2,1H3,(H,23,24,25). The molecular weight excluding hydrogens is 435 g/mol. The molecule has 1 aromatic carbocycles. The summed E-state index contributed by atoms with van der Waals surface area (Å²) in [7, 11) is 0. The van der Waals surface area contributed by atoms with E-state index in [4.69, 9.17) is 27.9 Å². The Morgan fingerprint density at radius 1 is 1.10 bits per heavy atom. The first kappa shape index (κ1) is 21.0. The van der Waals surface area contributed by atoms with Gasteiger partial charge in [-0.1, -0.05) is 47.5 Å². The number of nitrogens with zero attached hydrogens (tertiary/aromatic N) is 1. The highest BCUT2D eigenvalue weighted by Gasteiger charge is 2.21. The van der Waals surface area contributed by atoms with Gasteiger partial charge in [0.15, 0.2) is 12.4 Å². The summed E-state index contributed by atoms with van der Waals surface area (Å²) < 4.78 is 5.07. The minimum Gasteiger partial charge on any atom is -0.452 e. The molecule has 0 aliphatic carbocycles. The SMILES string of the molecule is Cc1c(Cl)cnc(NC(=O)COC(=O)c2ccccc2C(=O)c2cccs2)c1Cl. The molecule has 0 aliphatic heterocycles. The minimum atomic E-state index is -0.785. The molecule has 1 N–H and O–H groups in total. The number of nitrogens with one attached hydrogen (secondary N) is 1. The third-order valence-electron chi connectivity index (χ3n) is 3.93. The summed E-state index contributed by atoms with van der Waals surface area (Å²) in [6.07, 6.45) is 1.36. The number of hydrogen-bond acceptors (Lipinski definition) is 6. The van der Waals surface area contributed by atoms with Crippen molar-refractivity contribution in [3.8, 4) is 0 Å². The Balaban J connectivity index is 1.68. The van der Waals surface area contributed by atoms with E-state index < -0.39 is 18.5 Å². The van der Waals surface area contributed by atoms with E-state index >= 15 is 0 Å². The molecular formula is C20H14Cl2N2O4S. The maximum Gasteiger partial charge on any atom is 0.339 e. The van der Waals surface area contributed by atoms with Crippen LogP contribution in [0, 0.1) is 6.92 Å². The fourth-order valence-electron chi connectivity index (χ4n) is 2.42. The van der Waals surface area contributed by atoms with Gasteiger partial charge in [-0.2, -0.15) is 0 Å². The molecule has 3 rings (SSSR count). The molecule has 0 bridgehead atoms. The highest BCUT2D eigenvalue weighted by Crippen LogP contribution is 2.28. The Bertz CT molecular complexity index is 1080. The number of aromatic nitrogens is 1. The quantitative estimate of drug-likeness (QED) is 0.432. The van der Waals surface area contributed by atoms with Crippen molar-refractivity contribution in [2.24, 2.45) is 0 Å². The Hall–Kier alpha value is -2.74. The van der Waals surface area contributed by atoms with E-state index in [1.54, 1.807) is 42.6 Å². The number of ether oxygens (including phenoxy) is 1. The molecule has 0 saturated heterocycles. The van der Waals surface area contributed by atoms with Crippen LogP contribution < -0.4 is 5.32 Å². The van der Waals surface area contributed by atoms with Crippen molar-refractivity contribution in [1.29, 1.82) is 0 Å². The number of thiophene rings is 1. The van der Waals surface area contributed by atoms with Gasteiger partial charge in [0.05, 0.1) is 20.5 Å². The number of carbonyl (C=O) groups excluding carboxylic acids is 3. The van der Waals surface area contributed by atoms with Gasteiger partial charge in [0, 0.05) is 11.8 Å². The number of pyridine rings is 1. The second-order valence-corrected chi connectivity index (χ2v) is 7.60. The maximum atomic E-state index is 12.6. The van der Waals surface area contributed by atoms with Gasteiger partial charge in [-0.15, -0.1) is 11.3 Å².